The maximum absolute atomic E-state index is 12.6. The maximum atomic E-state index is 12.6. The number of carbonyl (C=O) groups excluding carboxylic acids is 1. The van der Waals surface area contributed by atoms with E-state index in [0.717, 1.165) is 16.3 Å². The molecule has 0 bridgehead atoms. The van der Waals surface area contributed by atoms with Gasteiger partial charge in [0.25, 0.3) is 5.91 Å². The molecule has 3 rings (SSSR count). The minimum absolute atomic E-state index is 0.156. The van der Waals surface area contributed by atoms with Crippen LogP contribution >= 0.6 is 0 Å². The number of nitrogens with one attached hydrogen (secondary N) is 1. The molecule has 0 saturated carbocycles. The quantitative estimate of drug-likeness (QED) is 0.774. The molecule has 4 heteroatoms. The average molecular weight is 321 g/mol. The van der Waals surface area contributed by atoms with Crippen LogP contribution in [-0.4, -0.2) is 20.1 Å². The zero-order valence-corrected chi connectivity index (χ0v) is 13.9. The van der Waals surface area contributed by atoms with Crippen molar-refractivity contribution in [2.24, 2.45) is 0 Å². The Kier molecular flexibility index (Phi) is 4.38. The van der Waals surface area contributed by atoms with Crippen LogP contribution in [0.1, 0.15) is 15.9 Å². The van der Waals surface area contributed by atoms with Crippen molar-refractivity contribution in [3.8, 4) is 11.5 Å². The van der Waals surface area contributed by atoms with Crippen LogP contribution < -0.4 is 14.8 Å². The predicted molar refractivity (Wildman–Crippen MR) is 96.2 cm³/mol. The first-order chi connectivity index (χ1) is 11.6. The van der Waals surface area contributed by atoms with E-state index in [2.05, 4.69) is 5.32 Å². The van der Waals surface area contributed by atoms with Gasteiger partial charge in [0.15, 0.2) is 11.5 Å². The second kappa shape index (κ2) is 6.62. The van der Waals surface area contributed by atoms with Crippen molar-refractivity contribution in [2.75, 3.05) is 19.5 Å². The molecule has 1 N–H and O–H groups in total. The van der Waals surface area contributed by atoms with Crippen LogP contribution in [0.25, 0.3) is 10.8 Å². The SMILES string of the molecule is COc1cc(C)c(NC(=O)c2ccc3ccccc3c2)cc1OC. The third-order valence-electron chi connectivity index (χ3n) is 3.99. The van der Waals surface area contributed by atoms with E-state index in [9.17, 15) is 4.79 Å². The molecule has 0 aromatic heterocycles. The van der Waals surface area contributed by atoms with Crippen LogP contribution in [0.2, 0.25) is 0 Å². The molecule has 0 heterocycles. The van der Waals surface area contributed by atoms with Crippen LogP contribution in [0.4, 0.5) is 5.69 Å². The van der Waals surface area contributed by atoms with E-state index in [-0.39, 0.29) is 5.91 Å². The molecular formula is C20H19NO3. The molecule has 0 unspecified atom stereocenters. The van der Waals surface area contributed by atoms with E-state index in [4.69, 9.17) is 9.47 Å². The molecule has 3 aromatic rings. The second-order valence-corrected chi connectivity index (χ2v) is 5.54. The minimum atomic E-state index is -0.156. The summed E-state index contributed by atoms with van der Waals surface area (Å²) in [7, 11) is 3.16. The monoisotopic (exact) mass is 321 g/mol. The molecule has 0 aliphatic rings. The van der Waals surface area contributed by atoms with Crippen molar-refractivity contribution >= 4 is 22.4 Å². The van der Waals surface area contributed by atoms with E-state index >= 15 is 0 Å². The summed E-state index contributed by atoms with van der Waals surface area (Å²) in [5.74, 6) is 1.06. The molecule has 0 spiro atoms. The Morgan fingerprint density at radius 1 is 0.875 bits per heavy atom. The van der Waals surface area contributed by atoms with Gasteiger partial charge in [-0.05, 0) is 41.5 Å². The highest BCUT2D eigenvalue weighted by molar-refractivity contribution is 6.06. The molecular weight excluding hydrogens is 302 g/mol. The Morgan fingerprint density at radius 3 is 2.25 bits per heavy atom. The molecule has 122 valence electrons. The lowest BCUT2D eigenvalue weighted by molar-refractivity contribution is 0.102. The minimum Gasteiger partial charge on any atom is -0.493 e. The summed E-state index contributed by atoms with van der Waals surface area (Å²) in [6, 6.07) is 17.2. The molecule has 0 saturated heterocycles. The van der Waals surface area contributed by atoms with Crippen LogP contribution in [0.3, 0.4) is 0 Å². The summed E-state index contributed by atoms with van der Waals surface area (Å²) in [5.41, 5.74) is 2.22. The molecule has 4 nitrogen and oxygen atoms in total. The Hall–Kier alpha value is -3.01. The van der Waals surface area contributed by atoms with Crippen molar-refractivity contribution in [3.05, 3.63) is 65.7 Å². The second-order valence-electron chi connectivity index (χ2n) is 5.54. The van der Waals surface area contributed by atoms with Crippen LogP contribution in [0.15, 0.2) is 54.6 Å². The highest BCUT2D eigenvalue weighted by atomic mass is 16.5. The Labute approximate surface area is 141 Å². The molecule has 3 aromatic carbocycles. The Bertz CT molecular complexity index is 903. The van der Waals surface area contributed by atoms with Gasteiger partial charge in [0.1, 0.15) is 0 Å². The first-order valence-corrected chi connectivity index (χ1v) is 7.65. The van der Waals surface area contributed by atoms with Crippen molar-refractivity contribution in [3.63, 3.8) is 0 Å². The van der Waals surface area contributed by atoms with Gasteiger partial charge in [-0.2, -0.15) is 0 Å². The van der Waals surface area contributed by atoms with Crippen molar-refractivity contribution in [1.29, 1.82) is 0 Å². The smallest absolute Gasteiger partial charge is 0.255 e. The van der Waals surface area contributed by atoms with Gasteiger partial charge in [0.05, 0.1) is 14.2 Å². The van der Waals surface area contributed by atoms with Gasteiger partial charge in [-0.3, -0.25) is 4.79 Å². The molecule has 0 aliphatic carbocycles. The number of benzene rings is 3. The topological polar surface area (TPSA) is 47.6 Å². The normalized spacial score (nSPS) is 10.5. The van der Waals surface area contributed by atoms with E-state index in [1.807, 2.05) is 55.5 Å². The van der Waals surface area contributed by atoms with Gasteiger partial charge in [0.2, 0.25) is 0 Å². The number of hydrogen-bond acceptors (Lipinski definition) is 3. The average Bonchev–Trinajstić information content (AvgIpc) is 2.62. The van der Waals surface area contributed by atoms with E-state index < -0.39 is 0 Å². The molecule has 0 radical (unpaired) electrons. The lowest BCUT2D eigenvalue weighted by atomic mass is 10.1. The number of fused-ring (bicyclic) bond motifs is 1. The standard InChI is InChI=1S/C20H19NO3/c1-13-10-18(23-2)19(24-3)12-17(13)21-20(22)16-9-8-14-6-4-5-7-15(14)11-16/h4-12H,1-3H3,(H,21,22). The van der Waals surface area contributed by atoms with Gasteiger partial charge in [-0.15, -0.1) is 0 Å². The van der Waals surface area contributed by atoms with E-state index in [1.54, 1.807) is 20.3 Å². The van der Waals surface area contributed by atoms with Gasteiger partial charge in [0, 0.05) is 17.3 Å². The van der Waals surface area contributed by atoms with Crippen molar-refractivity contribution in [1.82, 2.24) is 0 Å². The van der Waals surface area contributed by atoms with Gasteiger partial charge >= 0.3 is 0 Å². The summed E-state index contributed by atoms with van der Waals surface area (Å²) in [5, 5.41) is 5.09. The number of amides is 1. The lowest BCUT2D eigenvalue weighted by Crippen LogP contribution is -2.13. The molecule has 0 atom stereocenters. The Morgan fingerprint density at radius 2 is 1.54 bits per heavy atom. The van der Waals surface area contributed by atoms with Gasteiger partial charge in [-0.25, -0.2) is 0 Å². The maximum Gasteiger partial charge on any atom is 0.255 e. The third-order valence-corrected chi connectivity index (χ3v) is 3.99. The number of carbonyl (C=O) groups is 1. The largest absolute Gasteiger partial charge is 0.493 e. The molecule has 0 fully saturated rings. The molecule has 1 amide bonds. The van der Waals surface area contributed by atoms with E-state index in [0.29, 0.717) is 22.7 Å². The number of aryl methyl sites for hydroxylation is 1. The van der Waals surface area contributed by atoms with Crippen LogP contribution in [0, 0.1) is 6.92 Å². The fraction of sp³-hybridized carbons (Fsp3) is 0.150. The van der Waals surface area contributed by atoms with Crippen molar-refractivity contribution in [2.45, 2.75) is 6.92 Å². The lowest BCUT2D eigenvalue weighted by Gasteiger charge is -2.14. The zero-order valence-electron chi connectivity index (χ0n) is 13.9. The number of ether oxygens (including phenoxy) is 2. The first kappa shape index (κ1) is 15.9. The molecule has 0 aliphatic heterocycles. The first-order valence-electron chi connectivity index (χ1n) is 7.65. The number of rotatable bonds is 4. The highest BCUT2D eigenvalue weighted by Gasteiger charge is 2.12. The fourth-order valence-corrected chi connectivity index (χ4v) is 2.64. The van der Waals surface area contributed by atoms with Gasteiger partial charge < -0.3 is 14.8 Å². The van der Waals surface area contributed by atoms with Gasteiger partial charge in [-0.1, -0.05) is 30.3 Å². The van der Waals surface area contributed by atoms with E-state index in [1.165, 1.54) is 0 Å². The zero-order chi connectivity index (χ0) is 17.1. The van der Waals surface area contributed by atoms with Crippen molar-refractivity contribution < 1.29 is 14.3 Å². The highest BCUT2D eigenvalue weighted by Crippen LogP contribution is 2.33. The Balaban J connectivity index is 1.90. The number of methoxy groups -OCH3 is 2. The third kappa shape index (κ3) is 3.04. The predicted octanol–water partition coefficient (Wildman–Crippen LogP) is 4.42. The summed E-state index contributed by atoms with van der Waals surface area (Å²) >= 11 is 0. The summed E-state index contributed by atoms with van der Waals surface area (Å²) < 4.78 is 10.6. The fourth-order valence-electron chi connectivity index (χ4n) is 2.64. The molecule has 24 heavy (non-hydrogen) atoms. The summed E-state index contributed by atoms with van der Waals surface area (Å²) in [6.45, 7) is 1.91. The summed E-state index contributed by atoms with van der Waals surface area (Å²) in [6.07, 6.45) is 0. The number of anilines is 1. The summed E-state index contributed by atoms with van der Waals surface area (Å²) in [4.78, 5) is 12.6. The van der Waals surface area contributed by atoms with Crippen LogP contribution in [0.5, 0.6) is 11.5 Å². The van der Waals surface area contributed by atoms with Crippen LogP contribution in [-0.2, 0) is 0 Å². The number of hydrogen-bond donors (Lipinski definition) is 1.